The molecule has 5 heteroatoms. The van der Waals surface area contributed by atoms with Crippen molar-refractivity contribution >= 4 is 0 Å². The average molecular weight is 319 g/mol. The Morgan fingerprint density at radius 3 is 2.30 bits per heavy atom. The van der Waals surface area contributed by atoms with Gasteiger partial charge in [0.25, 0.3) is 0 Å². The molecule has 0 radical (unpaired) electrons. The molecule has 2 aromatic carbocycles. The van der Waals surface area contributed by atoms with Crippen LogP contribution in [0.5, 0.6) is 17.2 Å². The van der Waals surface area contributed by atoms with Crippen LogP contribution >= 0.6 is 0 Å². The monoisotopic (exact) mass is 319 g/mol. The molecule has 2 rings (SSSR count). The van der Waals surface area contributed by atoms with Gasteiger partial charge in [-0.3, -0.25) is 0 Å². The molecule has 0 bridgehead atoms. The van der Waals surface area contributed by atoms with Crippen molar-refractivity contribution in [3.05, 3.63) is 53.3 Å². The summed E-state index contributed by atoms with van der Waals surface area (Å²) < 4.78 is 29.4. The van der Waals surface area contributed by atoms with Gasteiger partial charge in [0.15, 0.2) is 0 Å². The number of hydrogen-bond donors (Lipinski definition) is 1. The van der Waals surface area contributed by atoms with E-state index in [4.69, 9.17) is 14.2 Å². The Bertz CT molecular complexity index is 661. The lowest BCUT2D eigenvalue weighted by Crippen LogP contribution is -2.19. The van der Waals surface area contributed by atoms with Gasteiger partial charge in [0.05, 0.1) is 21.3 Å². The number of ether oxygens (including phenoxy) is 3. The standard InChI is InChI=1S/C18H22FNO3/c1-12(16-10-14(19)5-7-18(16)23-4)20-11-13-9-15(21-2)6-8-17(13)22-3/h5-10,12,20H,11H2,1-4H3. The summed E-state index contributed by atoms with van der Waals surface area (Å²) in [6.07, 6.45) is 0. The number of rotatable bonds is 7. The third kappa shape index (κ3) is 4.13. The Morgan fingerprint density at radius 1 is 0.957 bits per heavy atom. The van der Waals surface area contributed by atoms with Crippen LogP contribution in [0.2, 0.25) is 0 Å². The van der Waals surface area contributed by atoms with Crippen LogP contribution in [0.1, 0.15) is 24.1 Å². The highest BCUT2D eigenvalue weighted by atomic mass is 19.1. The van der Waals surface area contributed by atoms with Crippen LogP contribution < -0.4 is 19.5 Å². The van der Waals surface area contributed by atoms with Gasteiger partial charge in [-0.15, -0.1) is 0 Å². The SMILES string of the molecule is COc1ccc(OC)c(CNC(C)c2cc(F)ccc2OC)c1. The van der Waals surface area contributed by atoms with Crippen molar-refractivity contribution in [2.45, 2.75) is 19.5 Å². The minimum absolute atomic E-state index is 0.0865. The summed E-state index contributed by atoms with van der Waals surface area (Å²) in [6, 6.07) is 10.1. The maximum Gasteiger partial charge on any atom is 0.123 e. The van der Waals surface area contributed by atoms with Crippen molar-refractivity contribution in [1.82, 2.24) is 5.32 Å². The first-order valence-electron chi connectivity index (χ1n) is 7.36. The third-order valence-electron chi connectivity index (χ3n) is 3.74. The summed E-state index contributed by atoms with van der Waals surface area (Å²) >= 11 is 0. The molecule has 0 heterocycles. The molecule has 4 nitrogen and oxygen atoms in total. The van der Waals surface area contributed by atoms with E-state index in [9.17, 15) is 4.39 Å². The van der Waals surface area contributed by atoms with Gasteiger partial charge in [-0.2, -0.15) is 0 Å². The minimum Gasteiger partial charge on any atom is -0.497 e. The third-order valence-corrected chi connectivity index (χ3v) is 3.74. The van der Waals surface area contributed by atoms with E-state index in [1.165, 1.54) is 12.1 Å². The van der Waals surface area contributed by atoms with Gasteiger partial charge < -0.3 is 19.5 Å². The van der Waals surface area contributed by atoms with Crippen LogP contribution in [0, 0.1) is 5.82 Å². The molecule has 23 heavy (non-hydrogen) atoms. The Hall–Kier alpha value is -2.27. The Morgan fingerprint density at radius 2 is 1.65 bits per heavy atom. The van der Waals surface area contributed by atoms with E-state index < -0.39 is 0 Å². The predicted octanol–water partition coefficient (Wildman–Crippen LogP) is 3.70. The quantitative estimate of drug-likeness (QED) is 0.844. The molecule has 0 aliphatic carbocycles. The molecule has 1 N–H and O–H groups in total. The summed E-state index contributed by atoms with van der Waals surface area (Å²) in [5, 5.41) is 3.36. The van der Waals surface area contributed by atoms with Gasteiger partial charge in [0.2, 0.25) is 0 Å². The normalized spacial score (nSPS) is 11.9. The molecule has 1 unspecified atom stereocenters. The van der Waals surface area contributed by atoms with Gasteiger partial charge in [-0.1, -0.05) is 0 Å². The lowest BCUT2D eigenvalue weighted by Gasteiger charge is -2.18. The zero-order chi connectivity index (χ0) is 16.8. The molecule has 0 amide bonds. The average Bonchev–Trinajstić information content (AvgIpc) is 2.59. The predicted molar refractivity (Wildman–Crippen MR) is 87.8 cm³/mol. The summed E-state index contributed by atoms with van der Waals surface area (Å²) in [6.45, 7) is 2.52. The number of hydrogen-bond acceptors (Lipinski definition) is 4. The maximum atomic E-state index is 13.5. The zero-order valence-corrected chi connectivity index (χ0v) is 13.9. The fraction of sp³-hybridized carbons (Fsp3) is 0.333. The van der Waals surface area contributed by atoms with Crippen LogP contribution in [0.4, 0.5) is 4.39 Å². The van der Waals surface area contributed by atoms with Crippen LogP contribution in [-0.4, -0.2) is 21.3 Å². The molecule has 0 fully saturated rings. The lowest BCUT2D eigenvalue weighted by molar-refractivity contribution is 0.391. The lowest BCUT2D eigenvalue weighted by atomic mass is 10.1. The highest BCUT2D eigenvalue weighted by Gasteiger charge is 2.13. The second-order valence-electron chi connectivity index (χ2n) is 5.17. The van der Waals surface area contributed by atoms with Crippen LogP contribution in [0.25, 0.3) is 0 Å². The summed E-state index contributed by atoms with van der Waals surface area (Å²) in [5.41, 5.74) is 1.74. The largest absolute Gasteiger partial charge is 0.497 e. The summed E-state index contributed by atoms with van der Waals surface area (Å²) in [7, 11) is 4.83. The van der Waals surface area contributed by atoms with E-state index in [0.29, 0.717) is 12.3 Å². The molecule has 0 saturated heterocycles. The van der Waals surface area contributed by atoms with E-state index in [1.807, 2.05) is 25.1 Å². The topological polar surface area (TPSA) is 39.7 Å². The highest BCUT2D eigenvalue weighted by Crippen LogP contribution is 2.28. The highest BCUT2D eigenvalue weighted by molar-refractivity contribution is 5.41. The van der Waals surface area contributed by atoms with E-state index in [0.717, 1.165) is 22.6 Å². The molecular formula is C18H22FNO3. The minimum atomic E-state index is -0.284. The van der Waals surface area contributed by atoms with Crippen LogP contribution in [-0.2, 0) is 6.54 Å². The van der Waals surface area contributed by atoms with Gasteiger partial charge in [0, 0.05) is 23.7 Å². The van der Waals surface area contributed by atoms with Crippen LogP contribution in [0.3, 0.4) is 0 Å². The van der Waals surface area contributed by atoms with Gasteiger partial charge in [-0.05, 0) is 43.3 Å². The molecular weight excluding hydrogens is 297 g/mol. The molecule has 2 aromatic rings. The smallest absolute Gasteiger partial charge is 0.123 e. The number of methoxy groups -OCH3 is 3. The Balaban J connectivity index is 2.16. The van der Waals surface area contributed by atoms with Gasteiger partial charge >= 0.3 is 0 Å². The first-order chi connectivity index (χ1) is 11.1. The molecule has 0 spiro atoms. The van der Waals surface area contributed by atoms with Crippen molar-refractivity contribution in [2.24, 2.45) is 0 Å². The fourth-order valence-corrected chi connectivity index (χ4v) is 2.44. The fourth-order valence-electron chi connectivity index (χ4n) is 2.44. The molecule has 0 aromatic heterocycles. The van der Waals surface area contributed by atoms with Gasteiger partial charge in [-0.25, -0.2) is 4.39 Å². The molecule has 0 aliphatic heterocycles. The second-order valence-corrected chi connectivity index (χ2v) is 5.17. The van der Waals surface area contributed by atoms with Crippen molar-refractivity contribution < 1.29 is 18.6 Å². The maximum absolute atomic E-state index is 13.5. The first kappa shape index (κ1) is 17.1. The first-order valence-corrected chi connectivity index (χ1v) is 7.36. The zero-order valence-electron chi connectivity index (χ0n) is 13.9. The second kappa shape index (κ2) is 7.83. The van der Waals surface area contributed by atoms with E-state index in [2.05, 4.69) is 5.32 Å². The summed E-state index contributed by atoms with van der Waals surface area (Å²) in [5.74, 6) is 1.91. The van der Waals surface area contributed by atoms with E-state index in [-0.39, 0.29) is 11.9 Å². The molecule has 124 valence electrons. The van der Waals surface area contributed by atoms with Crippen LogP contribution in [0.15, 0.2) is 36.4 Å². The van der Waals surface area contributed by atoms with Crippen molar-refractivity contribution in [3.8, 4) is 17.2 Å². The van der Waals surface area contributed by atoms with Crippen molar-refractivity contribution in [1.29, 1.82) is 0 Å². The van der Waals surface area contributed by atoms with Crippen molar-refractivity contribution in [2.75, 3.05) is 21.3 Å². The Kier molecular flexibility index (Phi) is 5.82. The van der Waals surface area contributed by atoms with E-state index >= 15 is 0 Å². The number of nitrogens with one attached hydrogen (secondary N) is 1. The number of benzene rings is 2. The number of halogens is 1. The van der Waals surface area contributed by atoms with Crippen molar-refractivity contribution in [3.63, 3.8) is 0 Å². The molecule has 0 saturated carbocycles. The van der Waals surface area contributed by atoms with E-state index in [1.54, 1.807) is 27.4 Å². The molecule has 1 atom stereocenters. The van der Waals surface area contributed by atoms with Gasteiger partial charge in [0.1, 0.15) is 23.1 Å². The summed E-state index contributed by atoms with van der Waals surface area (Å²) in [4.78, 5) is 0. The molecule has 0 aliphatic rings. The Labute approximate surface area is 136 Å².